The molecule has 0 radical (unpaired) electrons. The predicted octanol–water partition coefficient (Wildman–Crippen LogP) is 3.67. The molecule has 0 saturated heterocycles. The lowest BCUT2D eigenvalue weighted by Crippen LogP contribution is -2.13. The summed E-state index contributed by atoms with van der Waals surface area (Å²) in [6.07, 6.45) is 1.13. The minimum atomic E-state index is -0.448. The first-order valence-corrected chi connectivity index (χ1v) is 8.32. The fourth-order valence-corrected chi connectivity index (χ4v) is 2.48. The molecular formula is C20H24O5. The first-order valence-electron chi connectivity index (χ1n) is 8.32. The minimum absolute atomic E-state index is 0.204. The molecule has 5 heteroatoms. The van der Waals surface area contributed by atoms with Crippen molar-refractivity contribution >= 4 is 16.7 Å². The van der Waals surface area contributed by atoms with E-state index in [9.17, 15) is 4.79 Å². The molecule has 0 aliphatic rings. The van der Waals surface area contributed by atoms with Gasteiger partial charge in [-0.1, -0.05) is 30.8 Å². The zero-order chi connectivity index (χ0) is 18.1. The van der Waals surface area contributed by atoms with E-state index in [1.807, 2.05) is 44.2 Å². The Bertz CT molecular complexity index is 723. The lowest BCUT2D eigenvalue weighted by atomic mass is 10.0. The molecule has 0 atom stereocenters. The van der Waals surface area contributed by atoms with Gasteiger partial charge in [0.25, 0.3) is 0 Å². The van der Waals surface area contributed by atoms with E-state index >= 15 is 0 Å². The zero-order valence-electron chi connectivity index (χ0n) is 14.7. The van der Waals surface area contributed by atoms with Gasteiger partial charge in [-0.15, -0.1) is 0 Å². The topological polar surface area (TPSA) is 54.0 Å². The third kappa shape index (κ3) is 5.22. The maximum Gasteiger partial charge on any atom is 0.330 e. The molecule has 0 heterocycles. The standard InChI is InChI=1S/C20H24O5/c1-4-19(21)24-12-10-22-11-13-25-20-15(3)14-18(23-5-2)16-8-6-7-9-17(16)20/h4,6-9,14H,1,5,10-13H2,2-3H3. The van der Waals surface area contributed by atoms with Gasteiger partial charge in [-0.2, -0.15) is 0 Å². The first kappa shape index (κ1) is 18.8. The molecule has 2 rings (SSSR count). The quantitative estimate of drug-likeness (QED) is 0.374. The van der Waals surface area contributed by atoms with Gasteiger partial charge in [-0.05, 0) is 25.5 Å². The molecule has 2 aromatic carbocycles. The van der Waals surface area contributed by atoms with Crippen molar-refractivity contribution in [3.05, 3.63) is 48.6 Å². The Balaban J connectivity index is 1.93. The van der Waals surface area contributed by atoms with Gasteiger partial charge in [0.2, 0.25) is 0 Å². The van der Waals surface area contributed by atoms with E-state index in [1.165, 1.54) is 0 Å². The average Bonchev–Trinajstić information content (AvgIpc) is 2.63. The van der Waals surface area contributed by atoms with E-state index in [0.717, 1.165) is 33.9 Å². The maximum atomic E-state index is 10.9. The van der Waals surface area contributed by atoms with Crippen LogP contribution in [0, 0.1) is 6.92 Å². The van der Waals surface area contributed by atoms with Crippen LogP contribution < -0.4 is 9.47 Å². The number of ether oxygens (including phenoxy) is 4. The monoisotopic (exact) mass is 344 g/mol. The van der Waals surface area contributed by atoms with Gasteiger partial charge >= 0.3 is 5.97 Å². The summed E-state index contributed by atoms with van der Waals surface area (Å²) < 4.78 is 21.9. The molecule has 0 saturated carbocycles. The summed E-state index contributed by atoms with van der Waals surface area (Å²) >= 11 is 0. The van der Waals surface area contributed by atoms with Crippen LogP contribution in [-0.4, -0.2) is 39.0 Å². The summed E-state index contributed by atoms with van der Waals surface area (Å²) in [6, 6.07) is 10.0. The lowest BCUT2D eigenvalue weighted by Gasteiger charge is -2.15. The molecule has 0 bridgehead atoms. The number of hydrogen-bond donors (Lipinski definition) is 0. The second-order valence-electron chi connectivity index (χ2n) is 5.33. The van der Waals surface area contributed by atoms with E-state index in [2.05, 4.69) is 6.58 Å². The van der Waals surface area contributed by atoms with E-state index < -0.39 is 5.97 Å². The SMILES string of the molecule is C=CC(=O)OCCOCCOc1c(C)cc(OCC)c2ccccc12. The summed E-state index contributed by atoms with van der Waals surface area (Å²) in [7, 11) is 0. The van der Waals surface area contributed by atoms with Crippen molar-refractivity contribution in [3.63, 3.8) is 0 Å². The number of fused-ring (bicyclic) bond motifs is 1. The largest absolute Gasteiger partial charge is 0.493 e. The highest BCUT2D eigenvalue weighted by Gasteiger charge is 2.11. The molecule has 0 unspecified atom stereocenters. The van der Waals surface area contributed by atoms with Gasteiger partial charge < -0.3 is 18.9 Å². The second-order valence-corrected chi connectivity index (χ2v) is 5.33. The van der Waals surface area contributed by atoms with Gasteiger partial charge in [0.1, 0.15) is 24.7 Å². The number of rotatable bonds is 10. The lowest BCUT2D eigenvalue weighted by molar-refractivity contribution is -0.139. The summed E-state index contributed by atoms with van der Waals surface area (Å²) in [6.45, 7) is 9.27. The number of carbonyl (C=O) groups is 1. The summed E-state index contributed by atoms with van der Waals surface area (Å²) in [5, 5.41) is 2.05. The van der Waals surface area contributed by atoms with Gasteiger partial charge in [0, 0.05) is 16.8 Å². The Labute approximate surface area is 148 Å². The van der Waals surface area contributed by atoms with Crippen LogP contribution in [0.15, 0.2) is 43.0 Å². The normalized spacial score (nSPS) is 10.5. The molecule has 5 nitrogen and oxygen atoms in total. The number of aryl methyl sites for hydroxylation is 1. The van der Waals surface area contributed by atoms with Gasteiger partial charge in [0.05, 0.1) is 19.8 Å². The highest BCUT2D eigenvalue weighted by Crippen LogP contribution is 2.36. The van der Waals surface area contributed by atoms with Crippen molar-refractivity contribution in [1.82, 2.24) is 0 Å². The van der Waals surface area contributed by atoms with Crippen LogP contribution in [0.2, 0.25) is 0 Å². The second kappa shape index (κ2) is 9.69. The first-order chi connectivity index (χ1) is 12.2. The molecule has 0 aliphatic carbocycles. The van der Waals surface area contributed by atoms with E-state index in [4.69, 9.17) is 18.9 Å². The van der Waals surface area contributed by atoms with E-state index in [1.54, 1.807) is 0 Å². The molecule has 0 aromatic heterocycles. The number of carbonyl (C=O) groups excluding carboxylic acids is 1. The van der Waals surface area contributed by atoms with Gasteiger partial charge in [-0.3, -0.25) is 0 Å². The number of esters is 1. The van der Waals surface area contributed by atoms with Crippen LogP contribution in [-0.2, 0) is 14.3 Å². The number of benzene rings is 2. The average molecular weight is 344 g/mol. The zero-order valence-corrected chi connectivity index (χ0v) is 14.7. The Hall–Kier alpha value is -2.53. The van der Waals surface area contributed by atoms with Crippen LogP contribution in [0.3, 0.4) is 0 Å². The minimum Gasteiger partial charge on any atom is -0.493 e. The third-order valence-corrected chi connectivity index (χ3v) is 3.56. The van der Waals surface area contributed by atoms with Crippen molar-refractivity contribution in [2.75, 3.05) is 33.0 Å². The third-order valence-electron chi connectivity index (χ3n) is 3.56. The van der Waals surface area contributed by atoms with Crippen LogP contribution in [0.5, 0.6) is 11.5 Å². The Morgan fingerprint density at radius 1 is 1.08 bits per heavy atom. The Morgan fingerprint density at radius 2 is 1.80 bits per heavy atom. The molecule has 0 aliphatic heterocycles. The summed E-state index contributed by atoms with van der Waals surface area (Å²) in [5.41, 5.74) is 1.02. The summed E-state index contributed by atoms with van der Waals surface area (Å²) in [4.78, 5) is 10.9. The molecule has 25 heavy (non-hydrogen) atoms. The molecule has 0 amide bonds. The van der Waals surface area contributed by atoms with Crippen molar-refractivity contribution < 1.29 is 23.7 Å². The molecular weight excluding hydrogens is 320 g/mol. The summed E-state index contributed by atoms with van der Waals surface area (Å²) in [5.74, 6) is 1.25. The highest BCUT2D eigenvalue weighted by atomic mass is 16.6. The van der Waals surface area contributed by atoms with Crippen LogP contribution in [0.4, 0.5) is 0 Å². The Morgan fingerprint density at radius 3 is 2.52 bits per heavy atom. The van der Waals surface area contributed by atoms with Gasteiger partial charge in [-0.25, -0.2) is 4.79 Å². The predicted molar refractivity (Wildman–Crippen MR) is 97.3 cm³/mol. The van der Waals surface area contributed by atoms with E-state index in [-0.39, 0.29) is 6.61 Å². The smallest absolute Gasteiger partial charge is 0.330 e. The van der Waals surface area contributed by atoms with Crippen LogP contribution >= 0.6 is 0 Å². The van der Waals surface area contributed by atoms with Crippen LogP contribution in [0.25, 0.3) is 10.8 Å². The highest BCUT2D eigenvalue weighted by molar-refractivity contribution is 5.94. The van der Waals surface area contributed by atoms with E-state index in [0.29, 0.717) is 26.4 Å². The maximum absolute atomic E-state index is 10.9. The molecule has 0 spiro atoms. The van der Waals surface area contributed by atoms with Crippen molar-refractivity contribution in [3.8, 4) is 11.5 Å². The number of hydrogen-bond acceptors (Lipinski definition) is 5. The Kier molecular flexibility index (Phi) is 7.29. The van der Waals surface area contributed by atoms with Crippen LogP contribution in [0.1, 0.15) is 12.5 Å². The van der Waals surface area contributed by atoms with Crippen molar-refractivity contribution in [2.45, 2.75) is 13.8 Å². The van der Waals surface area contributed by atoms with Crippen molar-refractivity contribution in [2.24, 2.45) is 0 Å². The molecule has 134 valence electrons. The fraction of sp³-hybridized carbons (Fsp3) is 0.350. The van der Waals surface area contributed by atoms with Gasteiger partial charge in [0.15, 0.2) is 0 Å². The fourth-order valence-electron chi connectivity index (χ4n) is 2.48. The molecule has 0 N–H and O–H groups in total. The molecule has 2 aromatic rings. The van der Waals surface area contributed by atoms with Crippen molar-refractivity contribution in [1.29, 1.82) is 0 Å². The molecule has 0 fully saturated rings.